The third kappa shape index (κ3) is 0.446. The van der Waals surface area contributed by atoms with Gasteiger partial charge in [0.25, 0.3) is 0 Å². The molecule has 0 bridgehead atoms. The van der Waals surface area contributed by atoms with E-state index in [1.807, 2.05) is 0 Å². The number of hydrogen-bond acceptors (Lipinski definition) is 2. The molecule has 0 amide bonds. The molecule has 1 heterocycles. The van der Waals surface area contributed by atoms with Gasteiger partial charge in [0.15, 0.2) is 0 Å². The summed E-state index contributed by atoms with van der Waals surface area (Å²) in [5.74, 6) is 0.847. The maximum absolute atomic E-state index is 9.05. The molecule has 1 saturated carbocycles. The van der Waals surface area contributed by atoms with Crippen LogP contribution in [0.4, 0.5) is 0 Å². The standard InChI is InChI=1S/C6H11NO/c8-7-4-3-5-1-2-6(5)7/h5-6,8H,1-4H2. The lowest BCUT2D eigenvalue weighted by atomic mass is 9.81. The lowest BCUT2D eigenvalue weighted by Gasteiger charge is -2.32. The molecule has 0 aromatic rings. The number of nitrogens with zero attached hydrogens (tertiary/aromatic N) is 1. The van der Waals surface area contributed by atoms with Crippen LogP contribution in [0.25, 0.3) is 0 Å². The zero-order chi connectivity index (χ0) is 5.56. The van der Waals surface area contributed by atoms with E-state index >= 15 is 0 Å². The average Bonchev–Trinajstić information content (AvgIpc) is 1.80. The molecule has 1 aliphatic heterocycles. The van der Waals surface area contributed by atoms with E-state index in [0.717, 1.165) is 12.5 Å². The zero-order valence-electron chi connectivity index (χ0n) is 4.88. The number of fused-ring (bicyclic) bond motifs is 1. The molecular weight excluding hydrogens is 102 g/mol. The van der Waals surface area contributed by atoms with Gasteiger partial charge in [-0.3, -0.25) is 0 Å². The minimum Gasteiger partial charge on any atom is -0.314 e. The van der Waals surface area contributed by atoms with E-state index < -0.39 is 0 Å². The van der Waals surface area contributed by atoms with Crippen LogP contribution in [0.5, 0.6) is 0 Å². The molecular formula is C6H11NO. The molecule has 2 atom stereocenters. The summed E-state index contributed by atoms with van der Waals surface area (Å²) in [5, 5.41) is 10.6. The number of hydrogen-bond donors (Lipinski definition) is 1. The summed E-state index contributed by atoms with van der Waals surface area (Å²) in [6, 6.07) is 0.551. The van der Waals surface area contributed by atoms with Crippen molar-refractivity contribution < 1.29 is 5.21 Å². The van der Waals surface area contributed by atoms with Crippen molar-refractivity contribution in [3.8, 4) is 0 Å². The maximum Gasteiger partial charge on any atom is 0.0379 e. The predicted molar refractivity (Wildman–Crippen MR) is 29.6 cm³/mol. The van der Waals surface area contributed by atoms with Gasteiger partial charge in [0.05, 0.1) is 0 Å². The topological polar surface area (TPSA) is 23.5 Å². The van der Waals surface area contributed by atoms with Crippen molar-refractivity contribution in [2.45, 2.75) is 25.3 Å². The highest BCUT2D eigenvalue weighted by Crippen LogP contribution is 2.38. The van der Waals surface area contributed by atoms with E-state index in [2.05, 4.69) is 0 Å². The molecule has 0 spiro atoms. The molecule has 1 saturated heterocycles. The summed E-state index contributed by atoms with van der Waals surface area (Å²) in [7, 11) is 0. The quantitative estimate of drug-likeness (QED) is 0.503. The van der Waals surface area contributed by atoms with Gasteiger partial charge in [-0.2, -0.15) is 5.06 Å². The highest BCUT2D eigenvalue weighted by atomic mass is 16.5. The molecule has 2 heteroatoms. The fourth-order valence-electron chi connectivity index (χ4n) is 1.74. The fourth-order valence-corrected chi connectivity index (χ4v) is 1.74. The van der Waals surface area contributed by atoms with E-state index in [-0.39, 0.29) is 0 Å². The van der Waals surface area contributed by atoms with Gasteiger partial charge >= 0.3 is 0 Å². The SMILES string of the molecule is ON1CCC2CCC21. The Morgan fingerprint density at radius 1 is 1.25 bits per heavy atom. The van der Waals surface area contributed by atoms with Gasteiger partial charge in [0.1, 0.15) is 0 Å². The average molecular weight is 113 g/mol. The van der Waals surface area contributed by atoms with Gasteiger partial charge in [-0.25, -0.2) is 0 Å². The van der Waals surface area contributed by atoms with Crippen LogP contribution in [0, 0.1) is 5.92 Å². The minimum atomic E-state index is 0.551. The molecule has 1 N–H and O–H groups in total. The first-order chi connectivity index (χ1) is 3.88. The summed E-state index contributed by atoms with van der Waals surface area (Å²) in [4.78, 5) is 0. The molecule has 46 valence electrons. The van der Waals surface area contributed by atoms with Gasteiger partial charge in [-0.15, -0.1) is 0 Å². The molecule has 1 aliphatic carbocycles. The lowest BCUT2D eigenvalue weighted by molar-refractivity contribution is -0.126. The molecule has 2 aliphatic rings. The number of rotatable bonds is 0. The van der Waals surface area contributed by atoms with Crippen molar-refractivity contribution in [3.63, 3.8) is 0 Å². The Hall–Kier alpha value is -0.0800. The predicted octanol–water partition coefficient (Wildman–Crippen LogP) is 0.860. The van der Waals surface area contributed by atoms with Crippen molar-refractivity contribution in [3.05, 3.63) is 0 Å². The number of hydroxylamine groups is 2. The molecule has 2 unspecified atom stereocenters. The first-order valence-electron chi connectivity index (χ1n) is 3.33. The maximum atomic E-state index is 9.05. The van der Waals surface area contributed by atoms with Gasteiger partial charge in [0.2, 0.25) is 0 Å². The first kappa shape index (κ1) is 4.77. The zero-order valence-corrected chi connectivity index (χ0v) is 4.88. The van der Waals surface area contributed by atoms with Crippen molar-refractivity contribution in [1.82, 2.24) is 5.06 Å². The smallest absolute Gasteiger partial charge is 0.0379 e. The second kappa shape index (κ2) is 1.45. The molecule has 0 radical (unpaired) electrons. The third-order valence-electron chi connectivity index (χ3n) is 2.49. The van der Waals surface area contributed by atoms with Gasteiger partial charge in [0, 0.05) is 12.6 Å². The Kier molecular flexibility index (Phi) is 0.866. The van der Waals surface area contributed by atoms with Crippen LogP contribution in [0.3, 0.4) is 0 Å². The fraction of sp³-hybridized carbons (Fsp3) is 1.00. The van der Waals surface area contributed by atoms with Crippen molar-refractivity contribution in [1.29, 1.82) is 0 Å². The Bertz CT molecular complexity index is 98.7. The van der Waals surface area contributed by atoms with E-state index in [0.29, 0.717) is 6.04 Å². The summed E-state index contributed by atoms with van der Waals surface area (Å²) in [6.07, 6.45) is 3.80. The summed E-state index contributed by atoms with van der Waals surface area (Å²) in [5.41, 5.74) is 0. The normalized spacial score (nSPS) is 46.1. The molecule has 2 fully saturated rings. The van der Waals surface area contributed by atoms with Crippen molar-refractivity contribution in [2.75, 3.05) is 6.54 Å². The van der Waals surface area contributed by atoms with Crippen LogP contribution in [0.15, 0.2) is 0 Å². The van der Waals surface area contributed by atoms with Gasteiger partial charge in [-0.05, 0) is 25.2 Å². The second-order valence-electron chi connectivity index (χ2n) is 2.86. The Morgan fingerprint density at radius 2 is 2.12 bits per heavy atom. The second-order valence-corrected chi connectivity index (χ2v) is 2.86. The van der Waals surface area contributed by atoms with E-state index in [9.17, 15) is 0 Å². The van der Waals surface area contributed by atoms with Crippen LogP contribution in [0.1, 0.15) is 19.3 Å². The summed E-state index contributed by atoms with van der Waals surface area (Å²) < 4.78 is 0. The minimum absolute atomic E-state index is 0.551. The van der Waals surface area contributed by atoms with Crippen LogP contribution in [-0.4, -0.2) is 22.9 Å². The molecule has 8 heavy (non-hydrogen) atoms. The first-order valence-corrected chi connectivity index (χ1v) is 3.33. The van der Waals surface area contributed by atoms with Gasteiger partial charge < -0.3 is 5.21 Å². The Balaban J connectivity index is 2.05. The van der Waals surface area contributed by atoms with Crippen LogP contribution in [-0.2, 0) is 0 Å². The van der Waals surface area contributed by atoms with Gasteiger partial charge in [-0.1, -0.05) is 0 Å². The summed E-state index contributed by atoms with van der Waals surface area (Å²) >= 11 is 0. The summed E-state index contributed by atoms with van der Waals surface area (Å²) in [6.45, 7) is 0.912. The lowest BCUT2D eigenvalue weighted by Crippen LogP contribution is -2.36. The Labute approximate surface area is 49.1 Å². The molecule has 0 aromatic heterocycles. The largest absolute Gasteiger partial charge is 0.314 e. The van der Waals surface area contributed by atoms with E-state index in [1.54, 1.807) is 0 Å². The van der Waals surface area contributed by atoms with Crippen LogP contribution in [0.2, 0.25) is 0 Å². The molecule has 2 rings (SSSR count). The third-order valence-corrected chi connectivity index (χ3v) is 2.49. The molecule has 2 nitrogen and oxygen atoms in total. The monoisotopic (exact) mass is 113 g/mol. The molecule has 0 aromatic carbocycles. The highest BCUT2D eigenvalue weighted by molar-refractivity contribution is 4.91. The van der Waals surface area contributed by atoms with Crippen LogP contribution < -0.4 is 0 Å². The van der Waals surface area contributed by atoms with E-state index in [1.165, 1.54) is 24.3 Å². The van der Waals surface area contributed by atoms with Crippen molar-refractivity contribution >= 4 is 0 Å². The highest BCUT2D eigenvalue weighted by Gasteiger charge is 2.39. The Morgan fingerprint density at radius 3 is 2.38 bits per heavy atom. The van der Waals surface area contributed by atoms with Crippen LogP contribution >= 0.6 is 0 Å². The van der Waals surface area contributed by atoms with Crippen molar-refractivity contribution in [2.24, 2.45) is 5.92 Å². The van der Waals surface area contributed by atoms with E-state index in [4.69, 9.17) is 5.21 Å².